The molecular formula is C23H26N4O2. The van der Waals surface area contributed by atoms with Gasteiger partial charge in [-0.15, -0.1) is 0 Å². The Kier molecular flexibility index (Phi) is 5.45. The van der Waals surface area contributed by atoms with Gasteiger partial charge >= 0.3 is 0 Å². The van der Waals surface area contributed by atoms with E-state index in [2.05, 4.69) is 53.2 Å². The number of benzene rings is 2. The molecule has 1 saturated heterocycles. The molecule has 0 atom stereocenters. The summed E-state index contributed by atoms with van der Waals surface area (Å²) >= 11 is 0. The minimum Gasteiger partial charge on any atom is -0.335 e. The topological polar surface area (TPSA) is 69.3 Å². The molecule has 1 aromatic heterocycles. The van der Waals surface area contributed by atoms with E-state index in [9.17, 15) is 9.59 Å². The van der Waals surface area contributed by atoms with Gasteiger partial charge in [-0.25, -0.2) is 5.10 Å². The standard InChI is InChI=1S/C23H26N4O2/c1-16(2)18-9-7-17(8-10-18)15-26-11-13-27(14-12-26)23(29)21-19-5-3-4-6-20(19)22(28)25-24-21/h3-10,16H,11-15H2,1-2H3,(H,25,28). The number of piperazine rings is 1. The normalized spacial score (nSPS) is 15.2. The van der Waals surface area contributed by atoms with Crippen LogP contribution >= 0.6 is 0 Å². The molecule has 0 radical (unpaired) electrons. The van der Waals surface area contributed by atoms with Gasteiger partial charge in [0.25, 0.3) is 11.5 Å². The maximum absolute atomic E-state index is 13.0. The third-order valence-electron chi connectivity index (χ3n) is 5.61. The molecule has 1 aliphatic rings. The van der Waals surface area contributed by atoms with Crippen LogP contribution in [0.2, 0.25) is 0 Å². The van der Waals surface area contributed by atoms with Crippen molar-refractivity contribution in [3.8, 4) is 0 Å². The smallest absolute Gasteiger partial charge is 0.275 e. The zero-order chi connectivity index (χ0) is 20.4. The molecular weight excluding hydrogens is 364 g/mol. The lowest BCUT2D eigenvalue weighted by Gasteiger charge is -2.34. The van der Waals surface area contributed by atoms with Crippen LogP contribution in [0.5, 0.6) is 0 Å². The summed E-state index contributed by atoms with van der Waals surface area (Å²) in [5.74, 6) is 0.412. The van der Waals surface area contributed by atoms with Crippen LogP contribution in [0.3, 0.4) is 0 Å². The molecule has 2 aromatic carbocycles. The van der Waals surface area contributed by atoms with Crippen molar-refractivity contribution in [2.75, 3.05) is 26.2 Å². The van der Waals surface area contributed by atoms with Gasteiger partial charge in [0.15, 0.2) is 5.69 Å². The Bertz CT molecular complexity index is 1060. The molecule has 4 rings (SSSR count). The third-order valence-corrected chi connectivity index (χ3v) is 5.61. The van der Waals surface area contributed by atoms with Crippen molar-refractivity contribution in [1.82, 2.24) is 20.0 Å². The SMILES string of the molecule is CC(C)c1ccc(CN2CCN(C(=O)c3n[nH]c(=O)c4ccccc34)CC2)cc1. The van der Waals surface area contributed by atoms with Crippen LogP contribution in [-0.2, 0) is 6.54 Å². The summed E-state index contributed by atoms with van der Waals surface area (Å²) in [5.41, 5.74) is 2.69. The Hall–Kier alpha value is -2.99. The summed E-state index contributed by atoms with van der Waals surface area (Å²) in [4.78, 5) is 29.2. The van der Waals surface area contributed by atoms with Gasteiger partial charge in [-0.1, -0.05) is 56.3 Å². The average Bonchev–Trinajstić information content (AvgIpc) is 2.75. The fourth-order valence-electron chi connectivity index (χ4n) is 3.80. The van der Waals surface area contributed by atoms with Crippen LogP contribution < -0.4 is 5.56 Å². The lowest BCUT2D eigenvalue weighted by molar-refractivity contribution is 0.0623. The van der Waals surface area contributed by atoms with Crippen molar-refractivity contribution in [1.29, 1.82) is 0 Å². The Balaban J connectivity index is 1.41. The fraction of sp³-hybridized carbons (Fsp3) is 0.348. The molecule has 1 aliphatic heterocycles. The number of carbonyl (C=O) groups is 1. The summed E-state index contributed by atoms with van der Waals surface area (Å²) in [7, 11) is 0. The molecule has 0 aliphatic carbocycles. The summed E-state index contributed by atoms with van der Waals surface area (Å²) in [6.45, 7) is 8.23. The molecule has 1 fully saturated rings. The van der Waals surface area contributed by atoms with E-state index >= 15 is 0 Å². The second-order valence-electron chi connectivity index (χ2n) is 7.91. The number of fused-ring (bicyclic) bond motifs is 1. The minimum absolute atomic E-state index is 0.126. The summed E-state index contributed by atoms with van der Waals surface area (Å²) in [5, 5.41) is 7.60. The first-order valence-corrected chi connectivity index (χ1v) is 10.1. The highest BCUT2D eigenvalue weighted by Crippen LogP contribution is 2.18. The van der Waals surface area contributed by atoms with E-state index in [0.717, 1.165) is 19.6 Å². The molecule has 29 heavy (non-hydrogen) atoms. The van der Waals surface area contributed by atoms with Crippen LogP contribution in [-0.4, -0.2) is 52.1 Å². The Morgan fingerprint density at radius 2 is 1.66 bits per heavy atom. The van der Waals surface area contributed by atoms with Gasteiger partial charge in [-0.05, 0) is 23.1 Å². The Morgan fingerprint density at radius 1 is 1.00 bits per heavy atom. The van der Waals surface area contributed by atoms with E-state index in [1.165, 1.54) is 11.1 Å². The van der Waals surface area contributed by atoms with E-state index in [1.807, 2.05) is 11.0 Å². The summed E-state index contributed by atoms with van der Waals surface area (Å²) < 4.78 is 0. The first-order chi connectivity index (χ1) is 14.0. The molecule has 3 aromatic rings. The number of H-pyrrole nitrogens is 1. The quantitative estimate of drug-likeness (QED) is 0.744. The molecule has 6 heteroatoms. The van der Waals surface area contributed by atoms with Gasteiger partial charge in [0, 0.05) is 38.1 Å². The van der Waals surface area contributed by atoms with Crippen LogP contribution in [0, 0.1) is 0 Å². The van der Waals surface area contributed by atoms with Crippen molar-refractivity contribution in [2.45, 2.75) is 26.3 Å². The van der Waals surface area contributed by atoms with Gasteiger partial charge in [0.1, 0.15) is 0 Å². The van der Waals surface area contributed by atoms with Crippen molar-refractivity contribution in [3.63, 3.8) is 0 Å². The Morgan fingerprint density at radius 3 is 2.31 bits per heavy atom. The predicted octanol–water partition coefficient (Wildman–Crippen LogP) is 3.00. The second-order valence-corrected chi connectivity index (χ2v) is 7.91. The highest BCUT2D eigenvalue weighted by molar-refractivity contribution is 6.04. The van der Waals surface area contributed by atoms with E-state index in [0.29, 0.717) is 35.5 Å². The first-order valence-electron chi connectivity index (χ1n) is 10.1. The van der Waals surface area contributed by atoms with Crippen molar-refractivity contribution >= 4 is 16.7 Å². The van der Waals surface area contributed by atoms with E-state index < -0.39 is 0 Å². The molecule has 0 unspecified atom stereocenters. The fourth-order valence-corrected chi connectivity index (χ4v) is 3.80. The summed E-state index contributed by atoms with van der Waals surface area (Å²) in [6, 6.07) is 15.9. The average molecular weight is 390 g/mol. The number of nitrogens with zero attached hydrogens (tertiary/aromatic N) is 3. The molecule has 2 heterocycles. The Labute approximate surface area is 170 Å². The zero-order valence-corrected chi connectivity index (χ0v) is 16.9. The molecule has 1 N–H and O–H groups in total. The third kappa shape index (κ3) is 4.07. The van der Waals surface area contributed by atoms with E-state index in [-0.39, 0.29) is 11.5 Å². The van der Waals surface area contributed by atoms with Crippen molar-refractivity contribution < 1.29 is 4.79 Å². The summed E-state index contributed by atoms with van der Waals surface area (Å²) in [6.07, 6.45) is 0. The van der Waals surface area contributed by atoms with Gasteiger partial charge < -0.3 is 4.90 Å². The molecule has 0 spiro atoms. The van der Waals surface area contributed by atoms with Gasteiger partial charge in [0.2, 0.25) is 0 Å². The molecule has 0 saturated carbocycles. The number of carbonyl (C=O) groups excluding carboxylic acids is 1. The van der Waals surface area contributed by atoms with Gasteiger partial charge in [0.05, 0.1) is 5.39 Å². The minimum atomic E-state index is -0.273. The number of hydrogen-bond donors (Lipinski definition) is 1. The molecule has 6 nitrogen and oxygen atoms in total. The van der Waals surface area contributed by atoms with E-state index in [1.54, 1.807) is 18.2 Å². The maximum Gasteiger partial charge on any atom is 0.275 e. The number of rotatable bonds is 4. The monoisotopic (exact) mass is 390 g/mol. The molecule has 1 amide bonds. The van der Waals surface area contributed by atoms with Crippen LogP contribution in [0.25, 0.3) is 10.8 Å². The van der Waals surface area contributed by atoms with Crippen LogP contribution in [0.4, 0.5) is 0 Å². The molecule has 0 bridgehead atoms. The number of hydrogen-bond acceptors (Lipinski definition) is 4. The number of aromatic amines is 1. The van der Waals surface area contributed by atoms with E-state index in [4.69, 9.17) is 0 Å². The van der Waals surface area contributed by atoms with Crippen LogP contribution in [0.15, 0.2) is 53.3 Å². The first kappa shape index (κ1) is 19.3. The van der Waals surface area contributed by atoms with Gasteiger partial charge in [-0.2, -0.15) is 5.10 Å². The number of aromatic nitrogens is 2. The maximum atomic E-state index is 13.0. The van der Waals surface area contributed by atoms with Crippen molar-refractivity contribution in [2.24, 2.45) is 0 Å². The van der Waals surface area contributed by atoms with Gasteiger partial charge in [-0.3, -0.25) is 14.5 Å². The zero-order valence-electron chi connectivity index (χ0n) is 16.9. The highest BCUT2D eigenvalue weighted by Gasteiger charge is 2.25. The highest BCUT2D eigenvalue weighted by atomic mass is 16.2. The second kappa shape index (κ2) is 8.17. The number of nitrogens with one attached hydrogen (secondary N) is 1. The lowest BCUT2D eigenvalue weighted by atomic mass is 10.0. The largest absolute Gasteiger partial charge is 0.335 e. The van der Waals surface area contributed by atoms with Crippen LogP contribution in [0.1, 0.15) is 41.4 Å². The molecule has 150 valence electrons. The number of amides is 1. The predicted molar refractivity (Wildman–Crippen MR) is 114 cm³/mol. The lowest BCUT2D eigenvalue weighted by Crippen LogP contribution is -2.48. The van der Waals surface area contributed by atoms with Crippen molar-refractivity contribution in [3.05, 3.63) is 75.7 Å².